The summed E-state index contributed by atoms with van der Waals surface area (Å²) in [5.74, 6) is 0. The second-order valence-corrected chi connectivity index (χ2v) is 11.4. The maximum absolute atomic E-state index is 10.9. The molecule has 0 saturated heterocycles. The van der Waals surface area contributed by atoms with Crippen molar-refractivity contribution in [1.29, 1.82) is 0 Å². The molecule has 5 nitrogen and oxygen atoms in total. The molecule has 21 heavy (non-hydrogen) atoms. The van der Waals surface area contributed by atoms with E-state index < -0.39 is 19.0 Å². The number of benzene rings is 2. The Labute approximate surface area is 129 Å². The minimum atomic E-state index is -2.72. The Balaban J connectivity index is 0.000000361. The molecule has 1 aliphatic heterocycles. The van der Waals surface area contributed by atoms with Gasteiger partial charge in [-0.15, -0.1) is 0 Å². The monoisotopic (exact) mass is 369 g/mol. The van der Waals surface area contributed by atoms with E-state index >= 15 is 0 Å². The Bertz CT molecular complexity index is 649. The van der Waals surface area contributed by atoms with Crippen LogP contribution in [0.2, 0.25) is 5.02 Å². The fraction of sp³-hybridized carbons (Fsp3) is 0.143. The van der Waals surface area contributed by atoms with Crippen LogP contribution in [-0.2, 0) is 10.4 Å². The van der Waals surface area contributed by atoms with Crippen molar-refractivity contribution >= 4 is 29.8 Å². The summed E-state index contributed by atoms with van der Waals surface area (Å²) in [6, 6.07) is 16.1. The van der Waals surface area contributed by atoms with Crippen LogP contribution in [0.5, 0.6) is 0 Å². The summed E-state index contributed by atoms with van der Waals surface area (Å²) in [5.41, 5.74) is 2.50. The topological polar surface area (TPSA) is 86.4 Å². The molecule has 1 N–H and O–H groups in total. The zero-order chi connectivity index (χ0) is 15.5. The Hall–Kier alpha value is -1.55. The fourth-order valence-electron chi connectivity index (χ4n) is 2.40. The van der Waals surface area contributed by atoms with Crippen molar-refractivity contribution in [1.82, 2.24) is 0 Å². The zero-order valence-electron chi connectivity index (χ0n) is 11.0. The van der Waals surface area contributed by atoms with E-state index in [2.05, 4.69) is 18.2 Å². The molecule has 1 heterocycles. The van der Waals surface area contributed by atoms with E-state index in [1.54, 1.807) is 0 Å². The van der Waals surface area contributed by atoms with Crippen LogP contribution in [0, 0.1) is 15.3 Å². The summed E-state index contributed by atoms with van der Waals surface area (Å²) in [6.07, 6.45) is 0. The molecule has 0 saturated carbocycles. The number of hydrogen-bond donors (Lipinski definition) is 1. The van der Waals surface area contributed by atoms with Gasteiger partial charge in [-0.1, -0.05) is 0 Å². The molecular weight excluding hydrogens is 357 g/mol. The average Bonchev–Trinajstić information content (AvgIpc) is 2.76. The first kappa shape index (κ1) is 15.8. The summed E-state index contributed by atoms with van der Waals surface area (Å²) in [7, 11) is 0. The van der Waals surface area contributed by atoms with E-state index in [0.29, 0.717) is 0 Å². The van der Waals surface area contributed by atoms with Gasteiger partial charge in [0.05, 0.1) is 5.09 Å². The van der Waals surface area contributed by atoms with Gasteiger partial charge in [0.15, 0.2) is 0 Å². The number of halogens is 1. The first-order valence-electron chi connectivity index (χ1n) is 6.15. The molecule has 0 amide bonds. The van der Waals surface area contributed by atoms with Crippen LogP contribution in [0.15, 0.2) is 48.5 Å². The van der Waals surface area contributed by atoms with Crippen LogP contribution in [0.1, 0.15) is 11.1 Å². The SMILES string of the molecule is O=[N+]([O-])[O-].O[As+]1(c2ccccc2)Cc2ccc(Cl)cc2C1. The molecule has 1 aliphatic rings. The quantitative estimate of drug-likeness (QED) is 0.474. The van der Waals surface area contributed by atoms with E-state index in [-0.39, 0.29) is 0 Å². The van der Waals surface area contributed by atoms with E-state index in [4.69, 9.17) is 26.9 Å². The van der Waals surface area contributed by atoms with Crippen molar-refractivity contribution < 1.29 is 9.18 Å². The van der Waals surface area contributed by atoms with Crippen LogP contribution in [0.25, 0.3) is 0 Å². The second-order valence-electron chi connectivity index (χ2n) is 4.71. The van der Waals surface area contributed by atoms with Crippen LogP contribution in [-0.4, -0.2) is 23.1 Å². The number of fused-ring (bicyclic) bond motifs is 1. The summed E-state index contributed by atoms with van der Waals surface area (Å²) in [6.45, 7) is 0. The van der Waals surface area contributed by atoms with Gasteiger partial charge in [0.25, 0.3) is 0 Å². The van der Waals surface area contributed by atoms with E-state index in [1.165, 1.54) is 11.1 Å². The number of rotatable bonds is 1. The molecule has 3 rings (SSSR count). The molecule has 1 atom stereocenters. The predicted molar refractivity (Wildman–Crippen MR) is 83.3 cm³/mol. The number of nitrogens with zero attached hydrogens (tertiary/aromatic N) is 1. The maximum atomic E-state index is 10.9. The Morgan fingerprint density at radius 3 is 2.24 bits per heavy atom. The molecule has 110 valence electrons. The molecule has 0 spiro atoms. The van der Waals surface area contributed by atoms with Gasteiger partial charge in [0.2, 0.25) is 0 Å². The molecular formula is C14H13AsClNO4. The fourth-order valence-corrected chi connectivity index (χ4v) is 8.75. The standard InChI is InChI=1S/C14H13AsClO.NO3/c16-14-7-6-11-9-15(17,10-12(11)8-14)13-4-2-1-3-5-13;2-1(3)4/h1-8,17H,9-10H2;/q+1;-1. The van der Waals surface area contributed by atoms with Crippen molar-refractivity contribution in [2.24, 2.45) is 0 Å². The van der Waals surface area contributed by atoms with Gasteiger partial charge in [-0.3, -0.25) is 0 Å². The van der Waals surface area contributed by atoms with Crippen LogP contribution >= 0.6 is 11.6 Å². The summed E-state index contributed by atoms with van der Waals surface area (Å²) in [4.78, 5) is 8.25. The van der Waals surface area contributed by atoms with Crippen LogP contribution in [0.3, 0.4) is 0 Å². The molecule has 2 aromatic carbocycles. The van der Waals surface area contributed by atoms with Crippen molar-refractivity contribution in [3.05, 3.63) is 80.0 Å². The molecule has 0 fully saturated rings. The Morgan fingerprint density at radius 2 is 1.62 bits per heavy atom. The van der Waals surface area contributed by atoms with E-state index in [9.17, 15) is 4.10 Å². The van der Waals surface area contributed by atoms with Crippen molar-refractivity contribution in [3.63, 3.8) is 0 Å². The summed E-state index contributed by atoms with van der Waals surface area (Å²) in [5, 5.41) is 17.2. The zero-order valence-corrected chi connectivity index (χ0v) is 13.6. The van der Waals surface area contributed by atoms with Gasteiger partial charge < -0.3 is 15.3 Å². The van der Waals surface area contributed by atoms with Gasteiger partial charge >= 0.3 is 109 Å². The normalized spacial score (nSPS) is 19.3. The molecule has 0 bridgehead atoms. The molecule has 0 radical (unpaired) electrons. The van der Waals surface area contributed by atoms with Crippen LogP contribution < -0.4 is 4.35 Å². The minimum absolute atomic E-state index is 0.765. The second kappa shape index (κ2) is 6.48. The van der Waals surface area contributed by atoms with E-state index in [0.717, 1.165) is 19.8 Å². The first-order valence-corrected chi connectivity index (χ1v) is 11.0. The third kappa shape index (κ3) is 3.97. The van der Waals surface area contributed by atoms with Gasteiger partial charge in [0, 0.05) is 0 Å². The van der Waals surface area contributed by atoms with Crippen molar-refractivity contribution in [2.45, 2.75) is 10.4 Å². The Kier molecular flexibility index (Phi) is 4.88. The molecule has 0 aromatic heterocycles. The first-order chi connectivity index (χ1) is 9.90. The average molecular weight is 370 g/mol. The molecule has 0 aliphatic carbocycles. The van der Waals surface area contributed by atoms with Gasteiger partial charge in [0.1, 0.15) is 0 Å². The third-order valence-electron chi connectivity index (χ3n) is 3.27. The Morgan fingerprint density at radius 1 is 1.05 bits per heavy atom. The van der Waals surface area contributed by atoms with Gasteiger partial charge in [-0.2, -0.15) is 0 Å². The van der Waals surface area contributed by atoms with Crippen molar-refractivity contribution in [3.8, 4) is 0 Å². The number of hydrogen-bond acceptors (Lipinski definition) is 4. The molecule has 7 heteroatoms. The molecule has 2 aromatic rings. The molecule has 1 unspecified atom stereocenters. The van der Waals surface area contributed by atoms with Crippen LogP contribution in [0.4, 0.5) is 0 Å². The third-order valence-corrected chi connectivity index (χ3v) is 9.77. The predicted octanol–water partition coefficient (Wildman–Crippen LogP) is 2.12. The van der Waals surface area contributed by atoms with Crippen molar-refractivity contribution in [2.75, 3.05) is 0 Å². The van der Waals surface area contributed by atoms with Gasteiger partial charge in [-0.25, -0.2) is 0 Å². The van der Waals surface area contributed by atoms with E-state index in [1.807, 2.05) is 30.3 Å². The summed E-state index contributed by atoms with van der Waals surface area (Å²) < 4.78 is 12.1. The van der Waals surface area contributed by atoms with Gasteiger partial charge in [-0.05, 0) is 0 Å². The summed E-state index contributed by atoms with van der Waals surface area (Å²) >= 11 is 3.28.